The molecule has 9 heteroatoms. The molecular formula is C12H15ClN6OS. The molecule has 3 rings (SSSR count). The predicted octanol–water partition coefficient (Wildman–Crippen LogP) is 0.567. The van der Waals surface area contributed by atoms with Gasteiger partial charge in [-0.1, -0.05) is 24.3 Å². The highest BCUT2D eigenvalue weighted by Crippen LogP contribution is 2.14. The summed E-state index contributed by atoms with van der Waals surface area (Å²) in [5.41, 5.74) is 1.93. The van der Waals surface area contributed by atoms with Crippen molar-refractivity contribution in [3.8, 4) is 11.4 Å². The van der Waals surface area contributed by atoms with E-state index in [0.29, 0.717) is 12.4 Å². The molecule has 0 aliphatic carbocycles. The van der Waals surface area contributed by atoms with Gasteiger partial charge >= 0.3 is 0 Å². The lowest BCUT2D eigenvalue weighted by molar-refractivity contribution is -0.122. The number of nitrogens with zero attached hydrogens (tertiary/aromatic N) is 3. The highest BCUT2D eigenvalue weighted by molar-refractivity contribution is 7.99. The minimum Gasteiger partial charge on any atom is -0.351 e. The Labute approximate surface area is 132 Å². The Bertz CT molecular complexity index is 570. The molecular weight excluding hydrogens is 312 g/mol. The van der Waals surface area contributed by atoms with Crippen LogP contribution in [0, 0.1) is 0 Å². The minimum atomic E-state index is -0.0707. The van der Waals surface area contributed by atoms with Crippen molar-refractivity contribution in [1.29, 1.82) is 0 Å². The molecule has 0 saturated carbocycles. The quantitative estimate of drug-likeness (QED) is 0.760. The molecule has 7 nitrogen and oxygen atoms in total. The van der Waals surface area contributed by atoms with Crippen molar-refractivity contribution in [2.45, 2.75) is 12.6 Å². The lowest BCUT2D eigenvalue weighted by Gasteiger charge is -2.10. The van der Waals surface area contributed by atoms with Crippen LogP contribution in [0.1, 0.15) is 5.56 Å². The Kier molecular flexibility index (Phi) is 5.54. The topological polar surface area (TPSA) is 95.6 Å². The Morgan fingerprint density at radius 1 is 1.38 bits per heavy atom. The van der Waals surface area contributed by atoms with Crippen molar-refractivity contribution in [3.63, 3.8) is 0 Å². The molecule has 112 valence electrons. The highest BCUT2D eigenvalue weighted by Gasteiger charge is 2.21. The summed E-state index contributed by atoms with van der Waals surface area (Å²) in [7, 11) is 0. The van der Waals surface area contributed by atoms with Crippen molar-refractivity contribution >= 4 is 30.1 Å². The van der Waals surface area contributed by atoms with Crippen LogP contribution < -0.4 is 10.6 Å². The van der Waals surface area contributed by atoms with Gasteiger partial charge in [0.25, 0.3) is 0 Å². The molecule has 1 aliphatic heterocycles. The number of halogens is 1. The molecule has 0 bridgehead atoms. The molecule has 1 saturated heterocycles. The van der Waals surface area contributed by atoms with Crippen molar-refractivity contribution in [1.82, 2.24) is 31.3 Å². The molecule has 1 atom stereocenters. The van der Waals surface area contributed by atoms with E-state index in [1.807, 2.05) is 24.3 Å². The number of H-pyrrole nitrogens is 1. The smallest absolute Gasteiger partial charge is 0.238 e. The molecule has 2 aromatic rings. The number of tetrazole rings is 1. The minimum absolute atomic E-state index is 0. The number of hydrogen-bond acceptors (Lipinski definition) is 6. The number of thioether (sulfide) groups is 1. The molecule has 1 aromatic carbocycles. The first-order chi connectivity index (χ1) is 9.83. The van der Waals surface area contributed by atoms with Gasteiger partial charge in [-0.05, 0) is 10.8 Å². The van der Waals surface area contributed by atoms with E-state index in [9.17, 15) is 4.79 Å². The van der Waals surface area contributed by atoms with E-state index in [-0.39, 0.29) is 24.4 Å². The van der Waals surface area contributed by atoms with Crippen LogP contribution in [-0.4, -0.2) is 44.2 Å². The zero-order valence-corrected chi connectivity index (χ0v) is 12.7. The SMILES string of the molecule is Cl.O=C(NCc1ccc(-c2nn[nH]n2)cc1)C1CSCN1. The van der Waals surface area contributed by atoms with E-state index in [1.165, 1.54) is 0 Å². The van der Waals surface area contributed by atoms with E-state index in [4.69, 9.17) is 0 Å². The van der Waals surface area contributed by atoms with Crippen molar-refractivity contribution in [3.05, 3.63) is 29.8 Å². The first-order valence-electron chi connectivity index (χ1n) is 6.24. The number of aromatic amines is 1. The molecule has 21 heavy (non-hydrogen) atoms. The van der Waals surface area contributed by atoms with Gasteiger partial charge in [-0.25, -0.2) is 0 Å². The number of rotatable bonds is 4. The third-order valence-electron chi connectivity index (χ3n) is 3.06. The molecule has 0 radical (unpaired) electrons. The molecule has 3 N–H and O–H groups in total. The van der Waals surface area contributed by atoms with Crippen LogP contribution in [0.25, 0.3) is 11.4 Å². The largest absolute Gasteiger partial charge is 0.351 e. The van der Waals surface area contributed by atoms with Gasteiger partial charge in [0, 0.05) is 23.7 Å². The Morgan fingerprint density at radius 3 is 2.81 bits per heavy atom. The highest BCUT2D eigenvalue weighted by atomic mass is 35.5. The number of aromatic nitrogens is 4. The maximum Gasteiger partial charge on any atom is 0.238 e. The lowest BCUT2D eigenvalue weighted by atomic mass is 10.1. The monoisotopic (exact) mass is 326 g/mol. The van der Waals surface area contributed by atoms with E-state index in [1.54, 1.807) is 11.8 Å². The average molecular weight is 327 g/mol. The van der Waals surface area contributed by atoms with Crippen molar-refractivity contribution in [2.75, 3.05) is 11.6 Å². The normalized spacial score (nSPS) is 17.2. The van der Waals surface area contributed by atoms with E-state index in [0.717, 1.165) is 22.8 Å². The summed E-state index contributed by atoms with van der Waals surface area (Å²) in [6, 6.07) is 7.65. The van der Waals surface area contributed by atoms with Crippen LogP contribution in [0.4, 0.5) is 0 Å². The molecule has 1 fully saturated rings. The van der Waals surface area contributed by atoms with Crippen molar-refractivity contribution < 1.29 is 4.79 Å². The van der Waals surface area contributed by atoms with Crippen LogP contribution >= 0.6 is 24.2 Å². The van der Waals surface area contributed by atoms with E-state index < -0.39 is 0 Å². The molecule has 1 aromatic heterocycles. The maximum absolute atomic E-state index is 11.9. The van der Waals surface area contributed by atoms with Crippen LogP contribution in [0.3, 0.4) is 0 Å². The van der Waals surface area contributed by atoms with Crippen LogP contribution in [0.15, 0.2) is 24.3 Å². The number of benzene rings is 1. The van der Waals surface area contributed by atoms with Crippen molar-refractivity contribution in [2.24, 2.45) is 0 Å². The fourth-order valence-electron chi connectivity index (χ4n) is 1.93. The molecule has 0 spiro atoms. The van der Waals surface area contributed by atoms with Gasteiger partial charge in [-0.2, -0.15) is 5.21 Å². The average Bonchev–Trinajstić information content (AvgIpc) is 3.18. The maximum atomic E-state index is 11.9. The fraction of sp³-hybridized carbons (Fsp3) is 0.333. The van der Waals surface area contributed by atoms with Gasteiger partial charge < -0.3 is 5.32 Å². The predicted molar refractivity (Wildman–Crippen MR) is 83.0 cm³/mol. The third kappa shape index (κ3) is 3.93. The first kappa shape index (κ1) is 15.7. The van der Waals surface area contributed by atoms with Crippen LogP contribution in [0.2, 0.25) is 0 Å². The van der Waals surface area contributed by atoms with Gasteiger partial charge in [0.1, 0.15) is 0 Å². The molecule has 1 aliphatic rings. The number of hydrogen-bond donors (Lipinski definition) is 3. The lowest BCUT2D eigenvalue weighted by Crippen LogP contribution is -2.41. The summed E-state index contributed by atoms with van der Waals surface area (Å²) in [4.78, 5) is 11.9. The molecule has 2 heterocycles. The number of amides is 1. The van der Waals surface area contributed by atoms with Gasteiger partial charge in [0.15, 0.2) is 0 Å². The van der Waals surface area contributed by atoms with Gasteiger partial charge in [-0.15, -0.1) is 34.4 Å². The standard InChI is InChI=1S/C12H14N6OS.ClH/c19-12(10-6-20-7-14-10)13-5-8-1-3-9(4-2-8)11-15-17-18-16-11;/h1-4,10,14H,5-7H2,(H,13,19)(H,15,16,17,18);1H. The zero-order chi connectivity index (χ0) is 13.8. The summed E-state index contributed by atoms with van der Waals surface area (Å²) in [5.74, 6) is 2.30. The number of carbonyl (C=O) groups is 1. The molecule has 1 amide bonds. The Hall–Kier alpha value is -1.64. The third-order valence-corrected chi connectivity index (χ3v) is 4.00. The molecule has 1 unspecified atom stereocenters. The summed E-state index contributed by atoms with van der Waals surface area (Å²) >= 11 is 1.74. The number of carbonyl (C=O) groups excluding carboxylic acids is 1. The van der Waals surface area contributed by atoms with Gasteiger partial charge in [-0.3, -0.25) is 10.1 Å². The number of nitrogens with one attached hydrogen (secondary N) is 3. The second kappa shape index (κ2) is 7.39. The summed E-state index contributed by atoms with van der Waals surface area (Å²) in [5, 5.41) is 19.8. The second-order valence-electron chi connectivity index (χ2n) is 4.42. The van der Waals surface area contributed by atoms with Crippen LogP contribution in [-0.2, 0) is 11.3 Å². The summed E-state index contributed by atoms with van der Waals surface area (Å²) in [6.45, 7) is 0.522. The Morgan fingerprint density at radius 2 is 2.19 bits per heavy atom. The van der Waals surface area contributed by atoms with Gasteiger partial charge in [0.05, 0.1) is 6.04 Å². The Balaban J connectivity index is 0.00000161. The zero-order valence-electron chi connectivity index (χ0n) is 11.1. The van der Waals surface area contributed by atoms with E-state index in [2.05, 4.69) is 31.3 Å². The second-order valence-corrected chi connectivity index (χ2v) is 5.45. The fourth-order valence-corrected chi connectivity index (χ4v) is 2.87. The summed E-state index contributed by atoms with van der Waals surface area (Å²) < 4.78 is 0. The first-order valence-corrected chi connectivity index (χ1v) is 7.40. The van der Waals surface area contributed by atoms with Crippen LogP contribution in [0.5, 0.6) is 0 Å². The van der Waals surface area contributed by atoms with E-state index >= 15 is 0 Å². The summed E-state index contributed by atoms with van der Waals surface area (Å²) in [6.07, 6.45) is 0. The van der Waals surface area contributed by atoms with Gasteiger partial charge in [0.2, 0.25) is 11.7 Å².